The minimum absolute atomic E-state index is 0.0404. The summed E-state index contributed by atoms with van der Waals surface area (Å²) in [6.07, 6.45) is 0.758. The minimum atomic E-state index is -0.574. The summed E-state index contributed by atoms with van der Waals surface area (Å²) in [6.45, 7) is 1.02. The molecule has 0 unspecified atom stereocenters. The molecule has 5 heteroatoms. The summed E-state index contributed by atoms with van der Waals surface area (Å²) < 4.78 is 16.2. The molecule has 4 rings (SSSR count). The lowest BCUT2D eigenvalue weighted by atomic mass is 10.0. The van der Waals surface area contributed by atoms with E-state index in [4.69, 9.17) is 11.6 Å². The average Bonchev–Trinajstić information content (AvgIpc) is 2.87. The Labute approximate surface area is 144 Å². The lowest BCUT2D eigenvalue weighted by Crippen LogP contribution is -2.37. The molecular formula is C19H16ClFN2O. The number of halogens is 2. The SMILES string of the molecule is Cn1c2c(c3ccccc31)CCN(C(=O)c1c(F)cccc1Cl)C2. The molecule has 0 N–H and O–H groups in total. The second kappa shape index (κ2) is 5.64. The maximum absolute atomic E-state index is 14.1. The van der Waals surface area contributed by atoms with Gasteiger partial charge in [0.15, 0.2) is 0 Å². The van der Waals surface area contributed by atoms with Gasteiger partial charge >= 0.3 is 0 Å². The van der Waals surface area contributed by atoms with Crippen molar-refractivity contribution in [2.24, 2.45) is 7.05 Å². The first-order valence-corrected chi connectivity index (χ1v) is 8.24. The maximum Gasteiger partial charge on any atom is 0.258 e. The summed E-state index contributed by atoms with van der Waals surface area (Å²) in [7, 11) is 2.01. The van der Waals surface area contributed by atoms with Crippen molar-refractivity contribution in [1.82, 2.24) is 9.47 Å². The van der Waals surface area contributed by atoms with Crippen LogP contribution in [0.15, 0.2) is 42.5 Å². The van der Waals surface area contributed by atoms with E-state index in [1.165, 1.54) is 23.1 Å². The Kier molecular flexibility index (Phi) is 3.57. The molecule has 2 aromatic carbocycles. The van der Waals surface area contributed by atoms with Crippen molar-refractivity contribution in [3.8, 4) is 0 Å². The van der Waals surface area contributed by atoms with Crippen LogP contribution in [-0.4, -0.2) is 21.9 Å². The zero-order valence-electron chi connectivity index (χ0n) is 13.2. The normalized spacial score (nSPS) is 14.0. The number of hydrogen-bond donors (Lipinski definition) is 0. The zero-order chi connectivity index (χ0) is 16.8. The van der Waals surface area contributed by atoms with Crippen LogP contribution in [0.5, 0.6) is 0 Å². The number of rotatable bonds is 1. The smallest absolute Gasteiger partial charge is 0.258 e. The van der Waals surface area contributed by atoms with Crippen molar-refractivity contribution in [1.29, 1.82) is 0 Å². The molecule has 1 aromatic heterocycles. The largest absolute Gasteiger partial charge is 0.346 e. The van der Waals surface area contributed by atoms with Crippen molar-refractivity contribution in [2.75, 3.05) is 6.54 Å². The van der Waals surface area contributed by atoms with Gasteiger partial charge in [-0.2, -0.15) is 0 Å². The molecular weight excluding hydrogens is 327 g/mol. The molecule has 122 valence electrons. The van der Waals surface area contributed by atoms with E-state index >= 15 is 0 Å². The first-order valence-electron chi connectivity index (χ1n) is 7.86. The van der Waals surface area contributed by atoms with Gasteiger partial charge in [-0.3, -0.25) is 4.79 Å². The van der Waals surface area contributed by atoms with Crippen LogP contribution in [0, 0.1) is 5.82 Å². The summed E-state index contributed by atoms with van der Waals surface area (Å²) in [5.41, 5.74) is 3.49. The lowest BCUT2D eigenvalue weighted by molar-refractivity contribution is 0.0726. The number of amides is 1. The van der Waals surface area contributed by atoms with E-state index in [-0.39, 0.29) is 16.5 Å². The number of nitrogens with zero attached hydrogens (tertiary/aromatic N) is 2. The van der Waals surface area contributed by atoms with Crippen molar-refractivity contribution in [3.63, 3.8) is 0 Å². The highest BCUT2D eigenvalue weighted by Gasteiger charge is 2.28. The van der Waals surface area contributed by atoms with Gasteiger partial charge in [-0.1, -0.05) is 35.9 Å². The van der Waals surface area contributed by atoms with Crippen LogP contribution >= 0.6 is 11.6 Å². The van der Waals surface area contributed by atoms with Gasteiger partial charge in [0.05, 0.1) is 17.1 Å². The third-order valence-corrected chi connectivity index (χ3v) is 5.09. The van der Waals surface area contributed by atoms with Gasteiger partial charge in [-0.15, -0.1) is 0 Å². The van der Waals surface area contributed by atoms with Crippen LogP contribution in [-0.2, 0) is 20.0 Å². The van der Waals surface area contributed by atoms with E-state index in [0.717, 1.165) is 17.6 Å². The average molecular weight is 343 g/mol. The van der Waals surface area contributed by atoms with Gasteiger partial charge in [0.25, 0.3) is 5.91 Å². The molecule has 24 heavy (non-hydrogen) atoms. The summed E-state index contributed by atoms with van der Waals surface area (Å²) in [5, 5.41) is 1.38. The number of fused-ring (bicyclic) bond motifs is 3. The van der Waals surface area contributed by atoms with Crippen LogP contribution in [0.1, 0.15) is 21.6 Å². The Hall–Kier alpha value is -2.33. The fraction of sp³-hybridized carbons (Fsp3) is 0.211. The monoisotopic (exact) mass is 342 g/mol. The van der Waals surface area contributed by atoms with E-state index in [1.807, 2.05) is 19.2 Å². The van der Waals surface area contributed by atoms with E-state index in [0.29, 0.717) is 13.1 Å². The zero-order valence-corrected chi connectivity index (χ0v) is 14.0. The molecule has 1 aliphatic heterocycles. The fourth-order valence-electron chi connectivity index (χ4n) is 3.55. The third kappa shape index (κ3) is 2.21. The summed E-state index contributed by atoms with van der Waals surface area (Å²) in [4.78, 5) is 14.4. The van der Waals surface area contributed by atoms with E-state index in [9.17, 15) is 9.18 Å². The number of benzene rings is 2. The van der Waals surface area contributed by atoms with Crippen LogP contribution < -0.4 is 0 Å². The molecule has 3 nitrogen and oxygen atoms in total. The van der Waals surface area contributed by atoms with Gasteiger partial charge in [-0.25, -0.2) is 4.39 Å². The summed E-state index contributed by atoms with van der Waals surface area (Å²) in [6, 6.07) is 12.5. The van der Waals surface area contributed by atoms with Crippen molar-refractivity contribution >= 4 is 28.4 Å². The first-order chi connectivity index (χ1) is 11.6. The van der Waals surface area contributed by atoms with E-state index < -0.39 is 5.82 Å². The molecule has 0 saturated carbocycles. The lowest BCUT2D eigenvalue weighted by Gasteiger charge is -2.28. The Morgan fingerprint density at radius 3 is 2.75 bits per heavy atom. The number of carbonyl (C=O) groups excluding carboxylic acids is 1. The summed E-state index contributed by atoms with van der Waals surface area (Å²) >= 11 is 6.05. The minimum Gasteiger partial charge on any atom is -0.346 e. The van der Waals surface area contributed by atoms with Gasteiger partial charge in [0, 0.05) is 30.2 Å². The quantitative estimate of drug-likeness (QED) is 0.651. The highest BCUT2D eigenvalue weighted by molar-refractivity contribution is 6.33. The Morgan fingerprint density at radius 1 is 1.17 bits per heavy atom. The molecule has 0 bridgehead atoms. The Balaban J connectivity index is 1.73. The van der Waals surface area contributed by atoms with Crippen LogP contribution in [0.3, 0.4) is 0 Å². The molecule has 0 fully saturated rings. The summed E-state index contributed by atoms with van der Waals surface area (Å²) in [5.74, 6) is -0.927. The molecule has 3 aromatic rings. The molecule has 0 radical (unpaired) electrons. The molecule has 1 aliphatic rings. The fourth-order valence-corrected chi connectivity index (χ4v) is 3.79. The second-order valence-electron chi connectivity index (χ2n) is 6.07. The van der Waals surface area contributed by atoms with Crippen molar-refractivity contribution in [2.45, 2.75) is 13.0 Å². The highest BCUT2D eigenvalue weighted by atomic mass is 35.5. The molecule has 0 atom stereocenters. The van der Waals surface area contributed by atoms with Gasteiger partial charge in [-0.05, 0) is 30.2 Å². The predicted octanol–water partition coefficient (Wildman–Crippen LogP) is 4.17. The van der Waals surface area contributed by atoms with Crippen LogP contribution in [0.25, 0.3) is 10.9 Å². The number of para-hydroxylation sites is 1. The van der Waals surface area contributed by atoms with E-state index in [1.54, 1.807) is 11.0 Å². The van der Waals surface area contributed by atoms with Gasteiger partial charge in [0.1, 0.15) is 5.82 Å². The predicted molar refractivity (Wildman–Crippen MR) is 92.8 cm³/mol. The molecule has 1 amide bonds. The molecule has 0 aliphatic carbocycles. The second-order valence-corrected chi connectivity index (χ2v) is 6.48. The van der Waals surface area contributed by atoms with Gasteiger partial charge < -0.3 is 9.47 Å². The first kappa shape index (κ1) is 15.2. The van der Waals surface area contributed by atoms with E-state index in [2.05, 4.69) is 16.7 Å². The number of aromatic nitrogens is 1. The maximum atomic E-state index is 14.1. The standard InChI is InChI=1S/C19H16ClFN2O/c1-22-16-8-3-2-5-12(16)13-9-10-23(11-17(13)22)19(24)18-14(20)6-4-7-15(18)21/h2-8H,9-11H2,1H3. The van der Waals surface area contributed by atoms with Crippen molar-refractivity contribution < 1.29 is 9.18 Å². The van der Waals surface area contributed by atoms with Crippen LogP contribution in [0.4, 0.5) is 4.39 Å². The third-order valence-electron chi connectivity index (χ3n) is 4.78. The Bertz CT molecular complexity index is 943. The number of carbonyl (C=O) groups is 1. The molecule has 0 saturated heterocycles. The molecule has 0 spiro atoms. The van der Waals surface area contributed by atoms with Crippen LogP contribution in [0.2, 0.25) is 5.02 Å². The number of hydrogen-bond acceptors (Lipinski definition) is 1. The number of aryl methyl sites for hydroxylation is 1. The highest BCUT2D eigenvalue weighted by Crippen LogP contribution is 2.31. The van der Waals surface area contributed by atoms with Gasteiger partial charge in [0.2, 0.25) is 0 Å². The van der Waals surface area contributed by atoms with Crippen molar-refractivity contribution in [3.05, 3.63) is 70.1 Å². The molecule has 2 heterocycles. The Morgan fingerprint density at radius 2 is 1.96 bits per heavy atom. The topological polar surface area (TPSA) is 25.2 Å².